The molecule has 1 saturated heterocycles. The van der Waals surface area contributed by atoms with Gasteiger partial charge in [-0.2, -0.15) is 0 Å². The zero-order valence-corrected chi connectivity index (χ0v) is 11.3. The molecule has 3 heteroatoms. The van der Waals surface area contributed by atoms with Gasteiger partial charge < -0.3 is 5.73 Å². The molecule has 0 bridgehead atoms. The molecule has 16 heavy (non-hydrogen) atoms. The van der Waals surface area contributed by atoms with E-state index in [1.54, 1.807) is 0 Å². The predicted molar refractivity (Wildman–Crippen MR) is 71.2 cm³/mol. The van der Waals surface area contributed by atoms with E-state index < -0.39 is 0 Å². The minimum absolute atomic E-state index is 0.323. The number of hydrogen-bond donors (Lipinski definition) is 1. The molecule has 2 N–H and O–H groups in total. The zero-order valence-electron chi connectivity index (χ0n) is 9.70. The van der Waals surface area contributed by atoms with E-state index in [4.69, 9.17) is 5.73 Å². The lowest BCUT2D eigenvalue weighted by Crippen LogP contribution is -2.29. The lowest BCUT2D eigenvalue weighted by molar-refractivity contribution is 0.308. The third-order valence-corrected chi connectivity index (χ3v) is 4.18. The van der Waals surface area contributed by atoms with Crippen LogP contribution in [0.25, 0.3) is 0 Å². The summed E-state index contributed by atoms with van der Waals surface area (Å²) < 4.78 is 1.21. The van der Waals surface area contributed by atoms with Crippen LogP contribution in [0.3, 0.4) is 0 Å². The Hall–Kier alpha value is -0.380. The maximum Gasteiger partial charge on any atom is 0.0245 e. The van der Waals surface area contributed by atoms with Crippen LogP contribution >= 0.6 is 15.9 Å². The topological polar surface area (TPSA) is 29.3 Å². The van der Waals surface area contributed by atoms with E-state index in [1.807, 2.05) is 0 Å². The Morgan fingerprint density at radius 3 is 2.88 bits per heavy atom. The highest BCUT2D eigenvalue weighted by Crippen LogP contribution is 2.23. The maximum atomic E-state index is 5.95. The first-order valence-electron chi connectivity index (χ1n) is 5.88. The van der Waals surface area contributed by atoms with Crippen molar-refractivity contribution in [2.24, 2.45) is 11.7 Å². The standard InChI is InChI=1S/C13H19BrN2/c1-10(15)11-6-7-16(8-11)9-12-4-2-3-5-13(12)14/h2-5,10-11H,6-9,15H2,1H3. The molecule has 2 rings (SSSR count). The van der Waals surface area contributed by atoms with Crippen molar-refractivity contribution in [3.63, 3.8) is 0 Å². The van der Waals surface area contributed by atoms with Gasteiger partial charge in [0.05, 0.1) is 0 Å². The van der Waals surface area contributed by atoms with Gasteiger partial charge >= 0.3 is 0 Å². The van der Waals surface area contributed by atoms with Gasteiger partial charge in [0.1, 0.15) is 0 Å². The number of benzene rings is 1. The van der Waals surface area contributed by atoms with Crippen molar-refractivity contribution in [3.8, 4) is 0 Å². The molecule has 0 spiro atoms. The van der Waals surface area contributed by atoms with Crippen LogP contribution in [0.5, 0.6) is 0 Å². The largest absolute Gasteiger partial charge is 0.328 e. The van der Waals surface area contributed by atoms with Crippen LogP contribution < -0.4 is 5.73 Å². The van der Waals surface area contributed by atoms with Gasteiger partial charge in [-0.15, -0.1) is 0 Å². The molecule has 1 aromatic carbocycles. The van der Waals surface area contributed by atoms with Crippen molar-refractivity contribution < 1.29 is 0 Å². The fourth-order valence-electron chi connectivity index (χ4n) is 2.30. The fraction of sp³-hybridized carbons (Fsp3) is 0.538. The van der Waals surface area contributed by atoms with E-state index in [0.29, 0.717) is 12.0 Å². The summed E-state index contributed by atoms with van der Waals surface area (Å²) in [5.74, 6) is 0.669. The quantitative estimate of drug-likeness (QED) is 0.924. The van der Waals surface area contributed by atoms with Crippen molar-refractivity contribution in [1.82, 2.24) is 4.90 Å². The average molecular weight is 283 g/mol. The van der Waals surface area contributed by atoms with E-state index in [-0.39, 0.29) is 0 Å². The summed E-state index contributed by atoms with van der Waals surface area (Å²) in [4.78, 5) is 2.49. The Balaban J connectivity index is 1.95. The van der Waals surface area contributed by atoms with Crippen LogP contribution in [0, 0.1) is 5.92 Å². The zero-order chi connectivity index (χ0) is 11.5. The van der Waals surface area contributed by atoms with Crippen molar-refractivity contribution in [2.45, 2.75) is 25.9 Å². The van der Waals surface area contributed by atoms with E-state index in [2.05, 4.69) is 52.0 Å². The second kappa shape index (κ2) is 5.30. The van der Waals surface area contributed by atoms with Gasteiger partial charge in [0.2, 0.25) is 0 Å². The first-order chi connectivity index (χ1) is 7.66. The summed E-state index contributed by atoms with van der Waals surface area (Å²) in [6.07, 6.45) is 1.24. The van der Waals surface area contributed by atoms with Crippen LogP contribution in [-0.4, -0.2) is 24.0 Å². The maximum absolute atomic E-state index is 5.95. The summed E-state index contributed by atoms with van der Waals surface area (Å²) >= 11 is 3.60. The normalized spacial score (nSPS) is 23.6. The summed E-state index contributed by atoms with van der Waals surface area (Å²) in [7, 11) is 0. The SMILES string of the molecule is CC(N)C1CCN(Cc2ccccc2Br)C1. The second-order valence-corrected chi connectivity index (χ2v) is 5.59. The van der Waals surface area contributed by atoms with E-state index in [0.717, 1.165) is 13.1 Å². The average Bonchev–Trinajstić information content (AvgIpc) is 2.70. The molecule has 88 valence electrons. The van der Waals surface area contributed by atoms with Gasteiger partial charge in [0, 0.05) is 23.6 Å². The molecule has 0 saturated carbocycles. The number of hydrogen-bond acceptors (Lipinski definition) is 2. The molecule has 1 heterocycles. The molecule has 1 aliphatic heterocycles. The van der Waals surface area contributed by atoms with E-state index >= 15 is 0 Å². The Labute approximate surface area is 106 Å². The predicted octanol–water partition coefficient (Wildman–Crippen LogP) is 2.62. The smallest absolute Gasteiger partial charge is 0.0245 e. The second-order valence-electron chi connectivity index (χ2n) is 4.73. The Bertz CT molecular complexity index is 352. The van der Waals surface area contributed by atoms with Gasteiger partial charge in [-0.3, -0.25) is 4.90 Å². The highest BCUT2D eigenvalue weighted by Gasteiger charge is 2.25. The molecule has 1 aliphatic rings. The van der Waals surface area contributed by atoms with E-state index in [1.165, 1.54) is 23.0 Å². The molecule has 0 aliphatic carbocycles. The summed E-state index contributed by atoms with van der Waals surface area (Å²) in [6, 6.07) is 8.77. The van der Waals surface area contributed by atoms with Crippen LogP contribution in [0.2, 0.25) is 0 Å². The highest BCUT2D eigenvalue weighted by atomic mass is 79.9. The molecule has 2 nitrogen and oxygen atoms in total. The number of nitrogens with zero attached hydrogens (tertiary/aromatic N) is 1. The molecular formula is C13H19BrN2. The van der Waals surface area contributed by atoms with Gasteiger partial charge in [-0.25, -0.2) is 0 Å². The molecule has 0 radical (unpaired) electrons. The van der Waals surface area contributed by atoms with Gasteiger partial charge in [-0.05, 0) is 37.4 Å². The first-order valence-corrected chi connectivity index (χ1v) is 6.67. The van der Waals surface area contributed by atoms with Gasteiger partial charge in [0.15, 0.2) is 0 Å². The molecule has 1 fully saturated rings. The minimum atomic E-state index is 0.323. The van der Waals surface area contributed by atoms with Crippen LogP contribution in [0.15, 0.2) is 28.7 Å². The lowest BCUT2D eigenvalue weighted by atomic mass is 10.0. The Kier molecular flexibility index (Phi) is 4.00. The summed E-state index contributed by atoms with van der Waals surface area (Å²) in [5, 5.41) is 0. The van der Waals surface area contributed by atoms with Crippen molar-refractivity contribution >= 4 is 15.9 Å². The fourth-order valence-corrected chi connectivity index (χ4v) is 2.71. The first kappa shape index (κ1) is 12.1. The van der Waals surface area contributed by atoms with Crippen molar-refractivity contribution in [3.05, 3.63) is 34.3 Å². The highest BCUT2D eigenvalue weighted by molar-refractivity contribution is 9.10. The van der Waals surface area contributed by atoms with Crippen LogP contribution in [0.4, 0.5) is 0 Å². The van der Waals surface area contributed by atoms with Crippen molar-refractivity contribution in [2.75, 3.05) is 13.1 Å². The molecule has 0 amide bonds. The van der Waals surface area contributed by atoms with Gasteiger partial charge in [0.25, 0.3) is 0 Å². The Morgan fingerprint density at radius 1 is 1.50 bits per heavy atom. The Morgan fingerprint density at radius 2 is 2.25 bits per heavy atom. The number of nitrogens with two attached hydrogens (primary N) is 1. The lowest BCUT2D eigenvalue weighted by Gasteiger charge is -2.18. The molecular weight excluding hydrogens is 264 g/mol. The molecule has 2 atom stereocenters. The van der Waals surface area contributed by atoms with Crippen LogP contribution in [0.1, 0.15) is 18.9 Å². The molecule has 0 aromatic heterocycles. The summed E-state index contributed by atoms with van der Waals surface area (Å²) in [5.41, 5.74) is 7.32. The summed E-state index contributed by atoms with van der Waals surface area (Å²) in [6.45, 7) is 5.46. The van der Waals surface area contributed by atoms with Gasteiger partial charge in [-0.1, -0.05) is 34.1 Å². The van der Waals surface area contributed by atoms with E-state index in [9.17, 15) is 0 Å². The minimum Gasteiger partial charge on any atom is -0.328 e. The number of likely N-dealkylation sites (tertiary alicyclic amines) is 1. The molecule has 2 unspecified atom stereocenters. The number of rotatable bonds is 3. The molecule has 1 aromatic rings. The monoisotopic (exact) mass is 282 g/mol. The third kappa shape index (κ3) is 2.84. The number of halogens is 1. The van der Waals surface area contributed by atoms with Crippen molar-refractivity contribution in [1.29, 1.82) is 0 Å². The third-order valence-electron chi connectivity index (χ3n) is 3.40. The van der Waals surface area contributed by atoms with Crippen LogP contribution in [-0.2, 0) is 6.54 Å².